The van der Waals surface area contributed by atoms with Crippen LogP contribution >= 0.6 is 0 Å². The average molecular weight is 154 g/mol. The summed E-state index contributed by atoms with van der Waals surface area (Å²) in [7, 11) is 0. The van der Waals surface area contributed by atoms with Gasteiger partial charge in [-0.25, -0.2) is 0 Å². The second-order valence-electron chi connectivity index (χ2n) is 0. The summed E-state index contributed by atoms with van der Waals surface area (Å²) in [6.45, 7) is 0. The maximum atomic E-state index is 2.97. The third-order valence-corrected chi connectivity index (χ3v) is 0. The van der Waals surface area contributed by atoms with E-state index in [-0.39, 0.29) is 40.1 Å². The first kappa shape index (κ1) is 18.0. The molecule has 0 bridgehead atoms. The average Bonchev–Trinajstić information content (AvgIpc) is 1.00. The van der Waals surface area contributed by atoms with Crippen LogP contribution in [0.5, 0.6) is 0 Å². The molecular formula is C2H9SY+. The van der Waals surface area contributed by atoms with Gasteiger partial charge in [-0.05, 0) is 12.6 Å². The Hall–Kier alpha value is 1.45. The van der Waals surface area contributed by atoms with E-state index in [1.807, 2.05) is 0 Å². The number of hydrogen-bond acceptors (Lipinski definition) is 0. The minimum Gasteiger partial charge on any atom is -0.0776 e. The van der Waals surface area contributed by atoms with E-state index < -0.39 is 0 Å². The van der Waals surface area contributed by atoms with E-state index >= 15 is 0 Å². The van der Waals surface area contributed by atoms with Crippen molar-refractivity contribution in [3.05, 3.63) is 0 Å². The van der Waals surface area contributed by atoms with Crippen LogP contribution in [0.2, 0.25) is 0 Å². The molecule has 25 valence electrons. The van der Waals surface area contributed by atoms with Gasteiger partial charge in [-0.1, -0.05) is 7.43 Å². The van der Waals surface area contributed by atoms with Crippen molar-refractivity contribution in [3.63, 3.8) is 0 Å². The molecule has 0 spiro atoms. The minimum absolute atomic E-state index is 0. The summed E-state index contributed by atoms with van der Waals surface area (Å²) in [5.74, 6) is 0. The number of hydrogen-bond donors (Lipinski definition) is 0. The maximum absolute atomic E-state index is 2.97. The van der Waals surface area contributed by atoms with Gasteiger partial charge in [0.2, 0.25) is 0 Å². The number of rotatable bonds is 0. The fraction of sp³-hybridized carbons (Fsp3) is 1.00. The first-order chi connectivity index (χ1) is 1.00. The minimum atomic E-state index is 0. The Morgan fingerprint density at radius 1 is 1.25 bits per heavy atom. The van der Waals surface area contributed by atoms with Gasteiger partial charge in [0.05, 0.1) is 6.26 Å². The van der Waals surface area contributed by atoms with Gasteiger partial charge in [-0.3, -0.25) is 0 Å². The van der Waals surface area contributed by atoms with E-state index in [9.17, 15) is 0 Å². The van der Waals surface area contributed by atoms with E-state index in [1.54, 1.807) is 6.26 Å². The first-order valence-electron chi connectivity index (χ1n) is 0.500. The Morgan fingerprint density at radius 2 is 1.25 bits per heavy atom. The molecule has 1 radical (unpaired) electrons. The van der Waals surface area contributed by atoms with Crippen molar-refractivity contribution in [1.29, 1.82) is 0 Å². The molecule has 0 unspecified atom stereocenters. The SMILES string of the molecule is C.C[SH2+].[Y]. The fourth-order valence-electron chi connectivity index (χ4n) is 0. The van der Waals surface area contributed by atoms with Crippen molar-refractivity contribution in [1.82, 2.24) is 0 Å². The van der Waals surface area contributed by atoms with Gasteiger partial charge in [-0.2, -0.15) is 0 Å². The summed E-state index contributed by atoms with van der Waals surface area (Å²) in [6.07, 6.45) is 1.81. The molecule has 0 aliphatic carbocycles. The molecule has 0 N–H and O–H groups in total. The zero-order valence-electron chi connectivity index (χ0n) is 2.08. The Bertz CT molecular complexity index is 6.00. The summed E-state index contributed by atoms with van der Waals surface area (Å²) < 4.78 is 0. The summed E-state index contributed by atoms with van der Waals surface area (Å²) in [6, 6.07) is 0. The quantitative estimate of drug-likeness (QED) is 0.439. The Kier molecular flexibility index (Phi) is 113. The fourth-order valence-corrected chi connectivity index (χ4v) is 0. The molecule has 4 heavy (non-hydrogen) atoms. The molecule has 0 aliphatic rings. The molecule has 2 heteroatoms. The van der Waals surface area contributed by atoms with E-state index in [4.69, 9.17) is 0 Å². The van der Waals surface area contributed by atoms with Crippen LogP contribution in [0.15, 0.2) is 0 Å². The largest absolute Gasteiger partial charge is 0.0929 e. The zero-order chi connectivity index (χ0) is 2.00. The summed E-state index contributed by atoms with van der Waals surface area (Å²) in [5, 5.41) is 0. The van der Waals surface area contributed by atoms with Crippen LogP contribution in [0.3, 0.4) is 0 Å². The van der Waals surface area contributed by atoms with Crippen molar-refractivity contribution in [2.45, 2.75) is 7.43 Å². The molecule has 0 aromatic heterocycles. The molecule has 0 nitrogen and oxygen atoms in total. The zero-order valence-corrected chi connectivity index (χ0v) is 5.92. The van der Waals surface area contributed by atoms with E-state index in [0.717, 1.165) is 0 Å². The van der Waals surface area contributed by atoms with Crippen molar-refractivity contribution in [2.75, 3.05) is 6.26 Å². The second-order valence-corrected chi connectivity index (χ2v) is 0. The van der Waals surface area contributed by atoms with Gasteiger partial charge in [0.15, 0.2) is 0 Å². The Balaban J connectivity index is -0.00000000500. The predicted octanol–water partition coefficient (Wildman–Crippen LogP) is 0.261. The molecule has 0 aromatic carbocycles. The molecule has 0 atom stereocenters. The molecular weight excluding hydrogens is 145 g/mol. The molecule has 0 fully saturated rings. The van der Waals surface area contributed by atoms with E-state index in [0.29, 0.717) is 0 Å². The van der Waals surface area contributed by atoms with Gasteiger partial charge in [0.1, 0.15) is 0 Å². The summed E-state index contributed by atoms with van der Waals surface area (Å²) in [4.78, 5) is 0. The van der Waals surface area contributed by atoms with Crippen LogP contribution < -0.4 is 0 Å². The molecule has 0 aromatic rings. The summed E-state index contributed by atoms with van der Waals surface area (Å²) >= 11 is 2.97. The molecule has 0 amide bonds. The van der Waals surface area contributed by atoms with Gasteiger partial charge >= 0.3 is 0 Å². The van der Waals surface area contributed by atoms with Crippen LogP contribution in [-0.4, -0.2) is 6.26 Å². The van der Waals surface area contributed by atoms with Gasteiger partial charge < -0.3 is 0 Å². The smallest absolute Gasteiger partial charge is 0.0776 e. The van der Waals surface area contributed by atoms with E-state index in [2.05, 4.69) is 12.6 Å². The van der Waals surface area contributed by atoms with E-state index in [1.165, 1.54) is 0 Å². The van der Waals surface area contributed by atoms with Crippen LogP contribution in [0.25, 0.3) is 0 Å². The Labute approximate surface area is 58.6 Å². The Morgan fingerprint density at radius 3 is 1.25 bits per heavy atom. The van der Waals surface area contributed by atoms with Crippen LogP contribution in [0.1, 0.15) is 7.43 Å². The van der Waals surface area contributed by atoms with Crippen LogP contribution in [0.4, 0.5) is 0 Å². The van der Waals surface area contributed by atoms with Crippen LogP contribution in [0, 0.1) is 0 Å². The van der Waals surface area contributed by atoms with Crippen molar-refractivity contribution in [2.24, 2.45) is 0 Å². The van der Waals surface area contributed by atoms with Crippen molar-refractivity contribution >= 4 is 12.6 Å². The van der Waals surface area contributed by atoms with Gasteiger partial charge in [0.25, 0.3) is 0 Å². The monoisotopic (exact) mass is 154 g/mol. The topological polar surface area (TPSA) is 0 Å². The molecule has 0 aliphatic heterocycles. The standard InChI is InChI=1S/CH4S.CH4.Y/c1-2;;/h2H,1H3;1H4;/p+1. The molecule has 0 saturated heterocycles. The third-order valence-electron chi connectivity index (χ3n) is 0. The first-order valence-corrected chi connectivity index (χ1v) is 1.50. The van der Waals surface area contributed by atoms with Crippen molar-refractivity contribution < 1.29 is 32.7 Å². The molecule has 0 rings (SSSR count). The van der Waals surface area contributed by atoms with Gasteiger partial charge in [0, 0.05) is 32.7 Å². The third kappa shape index (κ3) is 9.84. The second kappa shape index (κ2) is 25.1. The van der Waals surface area contributed by atoms with Gasteiger partial charge in [-0.15, -0.1) is 0 Å². The molecule has 0 heterocycles. The summed E-state index contributed by atoms with van der Waals surface area (Å²) in [5.41, 5.74) is 0. The molecule has 0 saturated carbocycles. The predicted molar refractivity (Wildman–Crippen MR) is 22.8 cm³/mol. The maximum Gasteiger partial charge on any atom is 0.0929 e. The van der Waals surface area contributed by atoms with Crippen LogP contribution in [-0.2, 0) is 45.3 Å². The normalized spacial score (nSPS) is 1.50. The van der Waals surface area contributed by atoms with Crippen molar-refractivity contribution in [3.8, 4) is 0 Å².